The lowest BCUT2D eigenvalue weighted by Gasteiger charge is -2.53. The van der Waals surface area contributed by atoms with Crippen LogP contribution in [0.1, 0.15) is 114 Å². The van der Waals surface area contributed by atoms with Crippen molar-refractivity contribution in [2.75, 3.05) is 19.6 Å². The summed E-state index contributed by atoms with van der Waals surface area (Å²) in [5, 5.41) is 10.8. The standard InChI is InChI=1S/C28H47N5O2.ClH/c1-5-7-16-33-26(34)23(19-22-12-9-8-10-13-22)29-27(35)28(33)14-17-32(18-15-28)24(11-6-2)25-20(3)30-31-21(25)4;/h22-24H,5-19H2,1-4H3,(H,29,35)(H,30,31);1H/t23-,24?;/m0./s1. The number of H-pyrrole nitrogens is 1. The van der Waals surface area contributed by atoms with Crippen molar-refractivity contribution in [1.82, 2.24) is 25.3 Å². The molecule has 4 rings (SSSR count). The highest BCUT2D eigenvalue weighted by Gasteiger charge is 2.54. The summed E-state index contributed by atoms with van der Waals surface area (Å²) in [6.45, 7) is 10.9. The molecule has 0 bridgehead atoms. The fourth-order valence-electron chi connectivity index (χ4n) is 6.97. The van der Waals surface area contributed by atoms with E-state index in [0.29, 0.717) is 31.3 Å². The third kappa shape index (κ3) is 5.77. The van der Waals surface area contributed by atoms with Crippen LogP contribution < -0.4 is 5.32 Å². The Kier molecular flexibility index (Phi) is 10.3. The van der Waals surface area contributed by atoms with Gasteiger partial charge in [-0.15, -0.1) is 12.4 Å². The molecule has 1 aromatic heterocycles. The monoisotopic (exact) mass is 521 g/mol. The van der Waals surface area contributed by atoms with Crippen LogP contribution in [0.4, 0.5) is 0 Å². The molecule has 8 heteroatoms. The van der Waals surface area contributed by atoms with Gasteiger partial charge in [0.1, 0.15) is 11.6 Å². The maximum Gasteiger partial charge on any atom is 0.246 e. The number of piperidine rings is 1. The average molecular weight is 522 g/mol. The number of aryl methyl sites for hydroxylation is 2. The smallest absolute Gasteiger partial charge is 0.246 e. The van der Waals surface area contributed by atoms with Crippen molar-refractivity contribution in [3.8, 4) is 0 Å². The second-order valence-corrected chi connectivity index (χ2v) is 11.3. The zero-order chi connectivity index (χ0) is 25.0. The summed E-state index contributed by atoms with van der Waals surface area (Å²) in [4.78, 5) is 32.1. The molecule has 2 aliphatic heterocycles. The molecule has 0 aromatic carbocycles. The Morgan fingerprint density at radius 2 is 1.75 bits per heavy atom. The fourth-order valence-corrected chi connectivity index (χ4v) is 6.97. The van der Waals surface area contributed by atoms with Crippen molar-refractivity contribution in [3.05, 3.63) is 17.0 Å². The first-order chi connectivity index (χ1) is 16.9. The fraction of sp³-hybridized carbons (Fsp3) is 0.821. The first-order valence-corrected chi connectivity index (χ1v) is 14.3. The molecular weight excluding hydrogens is 474 g/mol. The summed E-state index contributed by atoms with van der Waals surface area (Å²) < 4.78 is 0. The van der Waals surface area contributed by atoms with Gasteiger partial charge in [0.2, 0.25) is 11.8 Å². The van der Waals surface area contributed by atoms with Crippen LogP contribution in [0.25, 0.3) is 0 Å². The van der Waals surface area contributed by atoms with E-state index in [1.165, 1.54) is 37.7 Å². The molecule has 2 saturated heterocycles. The summed E-state index contributed by atoms with van der Waals surface area (Å²) in [5.41, 5.74) is 2.83. The number of nitrogens with one attached hydrogen (secondary N) is 2. The van der Waals surface area contributed by atoms with Gasteiger partial charge in [-0.1, -0.05) is 58.8 Å². The Bertz CT molecular complexity index is 854. The second-order valence-electron chi connectivity index (χ2n) is 11.3. The zero-order valence-electron chi connectivity index (χ0n) is 22.9. The first-order valence-electron chi connectivity index (χ1n) is 14.3. The molecule has 1 spiro atoms. The summed E-state index contributed by atoms with van der Waals surface area (Å²) in [5.74, 6) is 0.832. The normalized spacial score (nSPS) is 24.0. The van der Waals surface area contributed by atoms with E-state index < -0.39 is 5.54 Å². The van der Waals surface area contributed by atoms with E-state index in [4.69, 9.17) is 0 Å². The van der Waals surface area contributed by atoms with Crippen molar-refractivity contribution in [1.29, 1.82) is 0 Å². The predicted molar refractivity (Wildman–Crippen MR) is 146 cm³/mol. The number of halogens is 1. The largest absolute Gasteiger partial charge is 0.342 e. The second kappa shape index (κ2) is 12.8. The molecule has 2 atom stereocenters. The Labute approximate surface area is 223 Å². The third-order valence-electron chi connectivity index (χ3n) is 8.98. The number of unbranched alkanes of at least 4 members (excludes halogenated alkanes) is 1. The third-order valence-corrected chi connectivity index (χ3v) is 8.98. The number of likely N-dealkylation sites (tertiary alicyclic amines) is 1. The number of aromatic amines is 1. The predicted octanol–water partition coefficient (Wildman–Crippen LogP) is 5.22. The number of carbonyl (C=O) groups excluding carboxylic acids is 2. The molecule has 204 valence electrons. The number of hydrogen-bond donors (Lipinski definition) is 2. The SMILES string of the molecule is CCCCN1C(=O)[C@H](CC2CCCCC2)NC(=O)C12CCN(C(CCC)c1c(C)n[nH]c1C)CC2.Cl. The van der Waals surface area contributed by atoms with Crippen molar-refractivity contribution >= 4 is 24.2 Å². The lowest BCUT2D eigenvalue weighted by molar-refractivity contribution is -0.162. The van der Waals surface area contributed by atoms with E-state index in [9.17, 15) is 9.59 Å². The Balaban J connectivity index is 0.00000361. The van der Waals surface area contributed by atoms with Gasteiger partial charge >= 0.3 is 0 Å². The van der Waals surface area contributed by atoms with Gasteiger partial charge in [0.05, 0.1) is 5.69 Å². The van der Waals surface area contributed by atoms with Gasteiger partial charge in [0.25, 0.3) is 0 Å². The Morgan fingerprint density at radius 1 is 1.06 bits per heavy atom. The van der Waals surface area contributed by atoms with Crippen molar-refractivity contribution in [3.63, 3.8) is 0 Å². The van der Waals surface area contributed by atoms with Gasteiger partial charge in [-0.05, 0) is 51.9 Å². The number of nitrogens with zero attached hydrogens (tertiary/aromatic N) is 3. The van der Waals surface area contributed by atoms with E-state index in [1.807, 2.05) is 4.90 Å². The van der Waals surface area contributed by atoms with E-state index >= 15 is 0 Å². The maximum atomic E-state index is 13.8. The quantitative estimate of drug-likeness (QED) is 0.466. The van der Waals surface area contributed by atoms with Gasteiger partial charge in [0, 0.05) is 36.9 Å². The minimum atomic E-state index is -0.691. The minimum Gasteiger partial charge on any atom is -0.342 e. The van der Waals surface area contributed by atoms with E-state index in [-0.39, 0.29) is 30.3 Å². The summed E-state index contributed by atoms with van der Waals surface area (Å²) in [7, 11) is 0. The van der Waals surface area contributed by atoms with E-state index in [1.54, 1.807) is 0 Å². The van der Waals surface area contributed by atoms with Crippen molar-refractivity contribution in [2.45, 2.75) is 122 Å². The van der Waals surface area contributed by atoms with E-state index in [0.717, 1.165) is 56.6 Å². The number of rotatable bonds is 9. The van der Waals surface area contributed by atoms with Gasteiger partial charge in [0.15, 0.2) is 0 Å². The Morgan fingerprint density at radius 3 is 2.33 bits per heavy atom. The summed E-state index contributed by atoms with van der Waals surface area (Å²) in [6.07, 6.45) is 12.6. The molecule has 1 unspecified atom stereocenters. The van der Waals surface area contributed by atoms with Gasteiger partial charge in [-0.25, -0.2) is 0 Å². The number of aromatic nitrogens is 2. The minimum absolute atomic E-state index is 0. The van der Waals surface area contributed by atoms with Crippen LogP contribution >= 0.6 is 12.4 Å². The van der Waals surface area contributed by atoms with Crippen LogP contribution in [0.15, 0.2) is 0 Å². The van der Waals surface area contributed by atoms with Gasteiger partial charge in [-0.3, -0.25) is 19.6 Å². The van der Waals surface area contributed by atoms with Gasteiger partial charge < -0.3 is 10.2 Å². The number of piperazine rings is 1. The Hall–Kier alpha value is -1.60. The molecule has 2 N–H and O–H groups in total. The molecule has 0 radical (unpaired) electrons. The lowest BCUT2D eigenvalue weighted by Crippen LogP contribution is -2.73. The van der Waals surface area contributed by atoms with Crippen molar-refractivity contribution < 1.29 is 9.59 Å². The van der Waals surface area contributed by atoms with E-state index in [2.05, 4.69) is 48.1 Å². The maximum absolute atomic E-state index is 13.8. The summed E-state index contributed by atoms with van der Waals surface area (Å²) in [6, 6.07) is -0.0308. The molecule has 3 aliphatic rings. The van der Waals surface area contributed by atoms with Crippen LogP contribution in [0.5, 0.6) is 0 Å². The molecule has 2 amide bonds. The lowest BCUT2D eigenvalue weighted by atomic mass is 9.78. The number of amides is 2. The molecule has 3 fully saturated rings. The van der Waals surface area contributed by atoms with Crippen LogP contribution in [-0.4, -0.2) is 63.0 Å². The molecule has 1 saturated carbocycles. The van der Waals surface area contributed by atoms with Crippen LogP contribution in [0.3, 0.4) is 0 Å². The average Bonchev–Trinajstić information content (AvgIpc) is 3.20. The number of hydrogen-bond acceptors (Lipinski definition) is 4. The van der Waals surface area contributed by atoms with Gasteiger partial charge in [-0.2, -0.15) is 5.10 Å². The highest BCUT2D eigenvalue weighted by atomic mass is 35.5. The zero-order valence-corrected chi connectivity index (χ0v) is 23.7. The van der Waals surface area contributed by atoms with Crippen LogP contribution in [0, 0.1) is 19.8 Å². The topological polar surface area (TPSA) is 81.3 Å². The highest BCUT2D eigenvalue weighted by molar-refractivity contribution is 6.00. The van der Waals surface area contributed by atoms with Crippen LogP contribution in [-0.2, 0) is 9.59 Å². The highest BCUT2D eigenvalue weighted by Crippen LogP contribution is 2.39. The number of carbonyl (C=O) groups is 2. The molecule has 1 aliphatic carbocycles. The molecule has 1 aromatic rings. The molecular formula is C28H48ClN5O2. The van der Waals surface area contributed by atoms with Crippen molar-refractivity contribution in [2.24, 2.45) is 5.92 Å². The first kappa shape index (κ1) is 29.0. The molecule has 3 heterocycles. The molecule has 7 nitrogen and oxygen atoms in total. The van der Waals surface area contributed by atoms with Crippen LogP contribution in [0.2, 0.25) is 0 Å². The molecule has 36 heavy (non-hydrogen) atoms. The summed E-state index contributed by atoms with van der Waals surface area (Å²) >= 11 is 0.